The molecule has 0 saturated carbocycles. The normalized spacial score (nSPS) is 10.3. The standard InChI is InChI=1S/C11H13Cl2NO3/c1-17-6-2-5-14(11(15)16)8-3-4-9(12)10(13)7-8/h3-4,7H,2,5-6H2,1H3,(H,15,16). The molecule has 17 heavy (non-hydrogen) atoms. The third kappa shape index (κ3) is 4.07. The van der Waals surface area contributed by atoms with E-state index < -0.39 is 6.09 Å². The van der Waals surface area contributed by atoms with E-state index in [1.165, 1.54) is 11.0 Å². The number of hydrogen-bond donors (Lipinski definition) is 1. The molecule has 0 atom stereocenters. The molecule has 1 aromatic carbocycles. The number of anilines is 1. The van der Waals surface area contributed by atoms with Crippen molar-refractivity contribution < 1.29 is 14.6 Å². The predicted octanol–water partition coefficient (Wildman–Crippen LogP) is 3.51. The second-order valence-electron chi connectivity index (χ2n) is 3.38. The van der Waals surface area contributed by atoms with Gasteiger partial charge in [-0.15, -0.1) is 0 Å². The summed E-state index contributed by atoms with van der Waals surface area (Å²) in [6, 6.07) is 4.73. The van der Waals surface area contributed by atoms with Gasteiger partial charge in [-0.3, -0.25) is 4.90 Å². The van der Waals surface area contributed by atoms with Crippen molar-refractivity contribution >= 4 is 35.0 Å². The molecular weight excluding hydrogens is 265 g/mol. The van der Waals surface area contributed by atoms with Gasteiger partial charge in [0.2, 0.25) is 0 Å². The molecule has 0 spiro atoms. The highest BCUT2D eigenvalue weighted by atomic mass is 35.5. The van der Waals surface area contributed by atoms with Crippen LogP contribution in [0.5, 0.6) is 0 Å². The number of carbonyl (C=O) groups is 1. The number of rotatable bonds is 5. The molecule has 0 saturated heterocycles. The Morgan fingerprint density at radius 1 is 1.41 bits per heavy atom. The van der Waals surface area contributed by atoms with Gasteiger partial charge in [-0.25, -0.2) is 4.79 Å². The van der Waals surface area contributed by atoms with Gasteiger partial charge < -0.3 is 9.84 Å². The Bertz CT molecular complexity index is 398. The summed E-state index contributed by atoms with van der Waals surface area (Å²) in [7, 11) is 1.57. The van der Waals surface area contributed by atoms with Gasteiger partial charge in [0.15, 0.2) is 0 Å². The lowest BCUT2D eigenvalue weighted by Gasteiger charge is -2.19. The topological polar surface area (TPSA) is 49.8 Å². The minimum absolute atomic E-state index is 0.335. The number of ether oxygens (including phenoxy) is 1. The Hall–Kier alpha value is -0.970. The lowest BCUT2D eigenvalue weighted by Crippen LogP contribution is -2.30. The largest absolute Gasteiger partial charge is 0.465 e. The molecule has 0 aliphatic rings. The van der Waals surface area contributed by atoms with Crippen LogP contribution in [0.4, 0.5) is 10.5 Å². The maximum atomic E-state index is 11.1. The monoisotopic (exact) mass is 277 g/mol. The number of nitrogens with zero attached hydrogens (tertiary/aromatic N) is 1. The van der Waals surface area contributed by atoms with Gasteiger partial charge in [0, 0.05) is 25.9 Å². The highest BCUT2D eigenvalue weighted by Crippen LogP contribution is 2.27. The summed E-state index contributed by atoms with van der Waals surface area (Å²) in [6.07, 6.45) is -0.414. The molecule has 0 bridgehead atoms. The Balaban J connectivity index is 2.82. The van der Waals surface area contributed by atoms with E-state index in [0.717, 1.165) is 0 Å². The quantitative estimate of drug-likeness (QED) is 0.838. The SMILES string of the molecule is COCCCN(C(=O)O)c1ccc(Cl)c(Cl)c1. The fourth-order valence-electron chi connectivity index (χ4n) is 1.36. The number of halogens is 2. The van der Waals surface area contributed by atoms with E-state index in [2.05, 4.69) is 0 Å². The van der Waals surface area contributed by atoms with Gasteiger partial charge in [0.1, 0.15) is 0 Å². The maximum Gasteiger partial charge on any atom is 0.411 e. The summed E-state index contributed by atoms with van der Waals surface area (Å²) in [5.74, 6) is 0. The lowest BCUT2D eigenvalue weighted by molar-refractivity contribution is 0.189. The van der Waals surface area contributed by atoms with E-state index in [0.29, 0.717) is 35.3 Å². The molecule has 1 amide bonds. The number of methoxy groups -OCH3 is 1. The summed E-state index contributed by atoms with van der Waals surface area (Å²) in [5, 5.41) is 9.83. The summed E-state index contributed by atoms with van der Waals surface area (Å²) < 4.78 is 4.88. The zero-order valence-corrected chi connectivity index (χ0v) is 10.8. The van der Waals surface area contributed by atoms with Crippen molar-refractivity contribution in [3.63, 3.8) is 0 Å². The molecule has 0 radical (unpaired) electrons. The van der Waals surface area contributed by atoms with E-state index in [9.17, 15) is 4.79 Å². The first-order valence-corrected chi connectivity index (χ1v) is 5.76. The molecule has 1 aromatic rings. The Kier molecular flexibility index (Phi) is 5.55. The van der Waals surface area contributed by atoms with Crippen LogP contribution in [0.25, 0.3) is 0 Å². The Morgan fingerprint density at radius 3 is 2.65 bits per heavy atom. The predicted molar refractivity (Wildman–Crippen MR) is 68.3 cm³/mol. The molecule has 6 heteroatoms. The third-order valence-corrected chi connectivity index (χ3v) is 2.91. The summed E-state index contributed by atoms with van der Waals surface area (Å²) in [6.45, 7) is 0.853. The third-order valence-electron chi connectivity index (χ3n) is 2.18. The smallest absolute Gasteiger partial charge is 0.411 e. The molecule has 0 aliphatic carbocycles. The molecule has 0 aliphatic heterocycles. The second-order valence-corrected chi connectivity index (χ2v) is 4.19. The molecule has 0 fully saturated rings. The average molecular weight is 278 g/mol. The fourth-order valence-corrected chi connectivity index (χ4v) is 1.65. The number of hydrogen-bond acceptors (Lipinski definition) is 2. The molecule has 0 aromatic heterocycles. The molecule has 0 heterocycles. The van der Waals surface area contributed by atoms with E-state index in [1.54, 1.807) is 19.2 Å². The van der Waals surface area contributed by atoms with Crippen molar-refractivity contribution in [2.75, 3.05) is 25.2 Å². The van der Waals surface area contributed by atoms with Crippen molar-refractivity contribution in [1.82, 2.24) is 0 Å². The zero-order valence-electron chi connectivity index (χ0n) is 9.32. The van der Waals surface area contributed by atoms with Gasteiger partial charge in [0.25, 0.3) is 0 Å². The van der Waals surface area contributed by atoms with Crippen molar-refractivity contribution in [2.45, 2.75) is 6.42 Å². The first-order chi connectivity index (χ1) is 8.06. The van der Waals surface area contributed by atoms with Crippen LogP contribution in [0.2, 0.25) is 10.0 Å². The summed E-state index contributed by atoms with van der Waals surface area (Å²) in [4.78, 5) is 12.3. The fraction of sp³-hybridized carbons (Fsp3) is 0.364. The van der Waals surface area contributed by atoms with E-state index >= 15 is 0 Å². The van der Waals surface area contributed by atoms with E-state index in [4.69, 9.17) is 33.0 Å². The zero-order chi connectivity index (χ0) is 12.8. The Labute approximate surface area is 110 Å². The van der Waals surface area contributed by atoms with Crippen LogP contribution in [0.3, 0.4) is 0 Å². The van der Waals surface area contributed by atoms with E-state index in [-0.39, 0.29) is 0 Å². The number of carboxylic acid groups (broad SMARTS) is 1. The number of amides is 1. The molecule has 0 unspecified atom stereocenters. The van der Waals surface area contributed by atoms with Crippen LogP contribution >= 0.6 is 23.2 Å². The number of benzene rings is 1. The highest BCUT2D eigenvalue weighted by molar-refractivity contribution is 6.42. The van der Waals surface area contributed by atoms with Crippen molar-refractivity contribution in [3.05, 3.63) is 28.2 Å². The van der Waals surface area contributed by atoms with Crippen LogP contribution in [-0.2, 0) is 4.74 Å². The van der Waals surface area contributed by atoms with Crippen LogP contribution in [-0.4, -0.2) is 31.5 Å². The average Bonchev–Trinajstić information content (AvgIpc) is 2.28. The molecular formula is C11H13Cl2NO3. The van der Waals surface area contributed by atoms with Gasteiger partial charge >= 0.3 is 6.09 Å². The van der Waals surface area contributed by atoms with Crippen molar-refractivity contribution in [2.24, 2.45) is 0 Å². The summed E-state index contributed by atoms with van der Waals surface area (Å²) in [5.41, 5.74) is 0.503. The van der Waals surface area contributed by atoms with Crippen LogP contribution in [0, 0.1) is 0 Å². The molecule has 1 rings (SSSR count). The van der Waals surface area contributed by atoms with Gasteiger partial charge in [0.05, 0.1) is 10.0 Å². The highest BCUT2D eigenvalue weighted by Gasteiger charge is 2.14. The maximum absolute atomic E-state index is 11.1. The van der Waals surface area contributed by atoms with Crippen molar-refractivity contribution in [1.29, 1.82) is 0 Å². The Morgan fingerprint density at radius 2 is 2.12 bits per heavy atom. The van der Waals surface area contributed by atoms with Gasteiger partial charge in [-0.2, -0.15) is 0 Å². The lowest BCUT2D eigenvalue weighted by atomic mass is 10.3. The van der Waals surface area contributed by atoms with Crippen molar-refractivity contribution in [3.8, 4) is 0 Å². The second kappa shape index (κ2) is 6.69. The summed E-state index contributed by atoms with van der Waals surface area (Å²) >= 11 is 11.6. The van der Waals surface area contributed by atoms with Gasteiger partial charge in [-0.1, -0.05) is 23.2 Å². The first kappa shape index (κ1) is 14.1. The van der Waals surface area contributed by atoms with Gasteiger partial charge in [-0.05, 0) is 24.6 Å². The molecule has 94 valence electrons. The first-order valence-electron chi connectivity index (χ1n) is 5.00. The van der Waals surface area contributed by atoms with Crippen LogP contribution < -0.4 is 4.90 Å². The van der Waals surface area contributed by atoms with Crippen LogP contribution in [0.15, 0.2) is 18.2 Å². The van der Waals surface area contributed by atoms with E-state index in [1.807, 2.05) is 0 Å². The molecule has 4 nitrogen and oxygen atoms in total. The molecule has 1 N–H and O–H groups in total. The minimum Gasteiger partial charge on any atom is -0.465 e. The van der Waals surface area contributed by atoms with Crippen LogP contribution in [0.1, 0.15) is 6.42 Å². The minimum atomic E-state index is -1.03.